The van der Waals surface area contributed by atoms with Crippen molar-refractivity contribution in [2.45, 2.75) is 13.5 Å². The minimum Gasteiger partial charge on any atom is -0.508 e. The van der Waals surface area contributed by atoms with Gasteiger partial charge in [-0.3, -0.25) is 14.2 Å². The van der Waals surface area contributed by atoms with Crippen molar-refractivity contribution >= 4 is 17.2 Å². The first-order valence-electron chi connectivity index (χ1n) is 6.84. The van der Waals surface area contributed by atoms with Crippen molar-refractivity contribution in [3.05, 3.63) is 63.3 Å². The van der Waals surface area contributed by atoms with Gasteiger partial charge in [0.2, 0.25) is 0 Å². The summed E-state index contributed by atoms with van der Waals surface area (Å²) >= 11 is 1.13. The van der Waals surface area contributed by atoms with Crippen molar-refractivity contribution < 1.29 is 9.90 Å². The lowest BCUT2D eigenvalue weighted by atomic mass is 10.3. The fraction of sp³-hybridized carbons (Fsp3) is 0.133. The number of nitrogens with one attached hydrogen (secondary N) is 2. The smallest absolute Gasteiger partial charge is 0.263 e. The van der Waals surface area contributed by atoms with Crippen molar-refractivity contribution in [1.29, 1.82) is 0 Å². The van der Waals surface area contributed by atoms with Gasteiger partial charge in [0.15, 0.2) is 5.13 Å². The van der Waals surface area contributed by atoms with Gasteiger partial charge in [-0.05, 0) is 25.1 Å². The van der Waals surface area contributed by atoms with Crippen LogP contribution in [0.4, 0.5) is 0 Å². The molecule has 0 radical (unpaired) electrons. The molecule has 3 aromatic heterocycles. The van der Waals surface area contributed by atoms with E-state index in [0.717, 1.165) is 23.1 Å². The molecule has 0 atom stereocenters. The van der Waals surface area contributed by atoms with Gasteiger partial charge < -0.3 is 15.4 Å². The van der Waals surface area contributed by atoms with E-state index in [4.69, 9.17) is 0 Å². The Labute approximate surface area is 135 Å². The maximum absolute atomic E-state index is 12.3. The number of pyridine rings is 1. The van der Waals surface area contributed by atoms with Gasteiger partial charge in [0, 0.05) is 24.2 Å². The van der Waals surface area contributed by atoms with Gasteiger partial charge in [0.25, 0.3) is 11.5 Å². The molecule has 118 valence electrons. The molecule has 3 heterocycles. The Balaban J connectivity index is 1.83. The normalized spacial score (nSPS) is 10.7. The van der Waals surface area contributed by atoms with Gasteiger partial charge in [-0.2, -0.15) is 0 Å². The predicted molar refractivity (Wildman–Crippen MR) is 86.1 cm³/mol. The summed E-state index contributed by atoms with van der Waals surface area (Å²) in [4.78, 5) is 31.9. The molecule has 0 bridgehead atoms. The second-order valence-corrected chi connectivity index (χ2v) is 5.86. The molecule has 3 rings (SSSR count). The molecular weight excluding hydrogens is 316 g/mol. The number of hydrogen-bond donors (Lipinski definition) is 3. The number of aryl methyl sites for hydroxylation is 1. The van der Waals surface area contributed by atoms with Gasteiger partial charge in [0.05, 0.1) is 12.2 Å². The highest BCUT2D eigenvalue weighted by Crippen LogP contribution is 2.21. The third-order valence-corrected chi connectivity index (χ3v) is 4.36. The predicted octanol–water partition coefficient (Wildman–Crippen LogP) is 1.57. The van der Waals surface area contributed by atoms with Crippen molar-refractivity contribution in [3.8, 4) is 10.9 Å². The fourth-order valence-electron chi connectivity index (χ4n) is 2.06. The third-order valence-electron chi connectivity index (χ3n) is 3.20. The summed E-state index contributed by atoms with van der Waals surface area (Å²) in [5, 5.41) is 12.5. The van der Waals surface area contributed by atoms with Crippen molar-refractivity contribution in [2.75, 3.05) is 0 Å². The number of amides is 1. The van der Waals surface area contributed by atoms with E-state index < -0.39 is 5.56 Å². The quantitative estimate of drug-likeness (QED) is 0.676. The number of aromatic hydroxyl groups is 1. The Morgan fingerprint density at radius 2 is 2.30 bits per heavy atom. The maximum Gasteiger partial charge on any atom is 0.263 e. The first-order valence-corrected chi connectivity index (χ1v) is 7.66. The summed E-state index contributed by atoms with van der Waals surface area (Å²) in [5.74, 6) is -0.351. The van der Waals surface area contributed by atoms with E-state index in [9.17, 15) is 14.7 Å². The molecular formula is C15H14N4O3S. The summed E-state index contributed by atoms with van der Waals surface area (Å²) in [7, 11) is 0. The molecule has 23 heavy (non-hydrogen) atoms. The standard InChI is InChI=1S/C15H14N4O3S/c1-9-13(14(22)17-8-10-3-2-5-16-10)23-15(18-9)19-6-4-11(20)7-12(19)21/h2-7,16,20H,8H2,1H3,(H,17,22). The summed E-state index contributed by atoms with van der Waals surface area (Å²) in [6.45, 7) is 2.10. The lowest BCUT2D eigenvalue weighted by molar-refractivity contribution is 0.0953. The summed E-state index contributed by atoms with van der Waals surface area (Å²) < 4.78 is 1.29. The van der Waals surface area contributed by atoms with Gasteiger partial charge in [-0.15, -0.1) is 0 Å². The molecule has 7 nitrogen and oxygen atoms in total. The third kappa shape index (κ3) is 3.16. The minimum absolute atomic E-state index is 0.108. The highest BCUT2D eigenvalue weighted by molar-refractivity contribution is 7.16. The zero-order chi connectivity index (χ0) is 16.4. The Morgan fingerprint density at radius 3 is 3.00 bits per heavy atom. The van der Waals surface area contributed by atoms with Crippen LogP contribution < -0.4 is 10.9 Å². The largest absolute Gasteiger partial charge is 0.508 e. The van der Waals surface area contributed by atoms with E-state index in [1.165, 1.54) is 16.8 Å². The van der Waals surface area contributed by atoms with Crippen LogP contribution in [0.1, 0.15) is 21.1 Å². The molecule has 0 aliphatic rings. The van der Waals surface area contributed by atoms with Crippen molar-refractivity contribution in [3.63, 3.8) is 0 Å². The first-order chi connectivity index (χ1) is 11.0. The number of rotatable bonds is 4. The van der Waals surface area contributed by atoms with Crippen LogP contribution >= 0.6 is 11.3 Å². The number of hydrogen-bond acceptors (Lipinski definition) is 5. The van der Waals surface area contributed by atoms with E-state index in [0.29, 0.717) is 22.2 Å². The minimum atomic E-state index is -0.405. The average Bonchev–Trinajstić information content (AvgIpc) is 3.14. The number of nitrogens with zero attached hydrogens (tertiary/aromatic N) is 2. The molecule has 0 saturated heterocycles. The summed E-state index contributed by atoms with van der Waals surface area (Å²) in [6, 6.07) is 6.22. The molecule has 0 unspecified atom stereocenters. The first kappa shape index (κ1) is 15.0. The van der Waals surface area contributed by atoms with Crippen molar-refractivity contribution in [1.82, 2.24) is 19.9 Å². The molecule has 8 heteroatoms. The van der Waals surface area contributed by atoms with E-state index in [1.54, 1.807) is 13.1 Å². The number of H-pyrrole nitrogens is 1. The number of carbonyl (C=O) groups is 1. The van der Waals surface area contributed by atoms with Crippen LogP contribution in [0.15, 0.2) is 41.5 Å². The SMILES string of the molecule is Cc1nc(-n2ccc(O)cc2=O)sc1C(=O)NCc1ccc[nH]1. The van der Waals surface area contributed by atoms with Gasteiger partial charge in [0.1, 0.15) is 10.6 Å². The molecule has 3 aromatic rings. The van der Waals surface area contributed by atoms with E-state index in [1.807, 2.05) is 12.1 Å². The maximum atomic E-state index is 12.3. The van der Waals surface area contributed by atoms with E-state index in [2.05, 4.69) is 15.3 Å². The molecule has 0 fully saturated rings. The van der Waals surface area contributed by atoms with Crippen LogP contribution in [0.5, 0.6) is 5.75 Å². The van der Waals surface area contributed by atoms with Gasteiger partial charge >= 0.3 is 0 Å². The van der Waals surface area contributed by atoms with Crippen LogP contribution in [0.2, 0.25) is 0 Å². The topological polar surface area (TPSA) is 100 Å². The Morgan fingerprint density at radius 1 is 1.48 bits per heavy atom. The molecule has 3 N–H and O–H groups in total. The number of carbonyl (C=O) groups excluding carboxylic acids is 1. The molecule has 0 spiro atoms. The average molecular weight is 330 g/mol. The van der Waals surface area contributed by atoms with Gasteiger partial charge in [-0.25, -0.2) is 4.98 Å². The summed E-state index contributed by atoms with van der Waals surface area (Å²) in [5.41, 5.74) is 1.04. The second-order valence-electron chi connectivity index (χ2n) is 4.88. The summed E-state index contributed by atoms with van der Waals surface area (Å²) in [6.07, 6.45) is 3.21. The Hall–Kier alpha value is -2.87. The van der Waals surface area contributed by atoms with E-state index >= 15 is 0 Å². The number of thiazole rings is 1. The lowest BCUT2D eigenvalue weighted by Crippen LogP contribution is -2.22. The van der Waals surface area contributed by atoms with Crippen LogP contribution in [0.3, 0.4) is 0 Å². The molecule has 0 aliphatic heterocycles. The Bertz CT molecular complexity index is 896. The fourth-order valence-corrected chi connectivity index (χ4v) is 3.03. The molecule has 0 saturated carbocycles. The van der Waals surface area contributed by atoms with Crippen LogP contribution in [-0.4, -0.2) is 25.5 Å². The van der Waals surface area contributed by atoms with Crippen molar-refractivity contribution in [2.24, 2.45) is 0 Å². The van der Waals surface area contributed by atoms with Gasteiger partial charge in [-0.1, -0.05) is 11.3 Å². The highest BCUT2D eigenvalue weighted by Gasteiger charge is 2.16. The monoisotopic (exact) mass is 330 g/mol. The van der Waals surface area contributed by atoms with E-state index in [-0.39, 0.29) is 11.7 Å². The zero-order valence-electron chi connectivity index (χ0n) is 12.2. The van der Waals surface area contributed by atoms with Crippen LogP contribution in [0.25, 0.3) is 5.13 Å². The lowest BCUT2D eigenvalue weighted by Gasteiger charge is -2.02. The zero-order valence-corrected chi connectivity index (χ0v) is 13.1. The Kier molecular flexibility index (Phi) is 3.98. The number of aromatic amines is 1. The second kappa shape index (κ2) is 6.09. The molecule has 0 aliphatic carbocycles. The highest BCUT2D eigenvalue weighted by atomic mass is 32.1. The van der Waals surface area contributed by atoms with Crippen LogP contribution in [0, 0.1) is 6.92 Å². The molecule has 1 amide bonds. The number of aromatic nitrogens is 3. The van der Waals surface area contributed by atoms with Crippen LogP contribution in [-0.2, 0) is 6.54 Å². The molecule has 0 aromatic carbocycles.